The Hall–Kier alpha value is -1.36. The molecule has 5 heteroatoms. The van der Waals surface area contributed by atoms with E-state index in [0.717, 1.165) is 64.0 Å². The van der Waals surface area contributed by atoms with Crippen LogP contribution in [0, 0.1) is 5.92 Å². The SMILES string of the molecule is CCn1nc(C(=O)N2CCCCCC2)c2c1CC[C@@H](NCC(C)C)C2. The molecule has 1 atom stereocenters. The van der Waals surface area contributed by atoms with Crippen LogP contribution in [0.4, 0.5) is 0 Å². The summed E-state index contributed by atoms with van der Waals surface area (Å²) in [5, 5.41) is 8.43. The molecule has 1 saturated heterocycles. The zero-order chi connectivity index (χ0) is 17.8. The highest BCUT2D eigenvalue weighted by atomic mass is 16.2. The number of hydrogen-bond donors (Lipinski definition) is 1. The highest BCUT2D eigenvalue weighted by Gasteiger charge is 2.30. The maximum atomic E-state index is 13.2. The van der Waals surface area contributed by atoms with Gasteiger partial charge in [-0.3, -0.25) is 9.48 Å². The summed E-state index contributed by atoms with van der Waals surface area (Å²) in [6.45, 7) is 10.3. The van der Waals surface area contributed by atoms with Crippen molar-refractivity contribution in [3.05, 3.63) is 17.0 Å². The van der Waals surface area contributed by atoms with Crippen LogP contribution in [0.3, 0.4) is 0 Å². The molecule has 2 aliphatic rings. The van der Waals surface area contributed by atoms with Gasteiger partial charge in [-0.05, 0) is 51.5 Å². The molecule has 25 heavy (non-hydrogen) atoms. The van der Waals surface area contributed by atoms with Gasteiger partial charge in [-0.1, -0.05) is 26.7 Å². The molecule has 1 aliphatic carbocycles. The quantitative estimate of drug-likeness (QED) is 0.891. The van der Waals surface area contributed by atoms with E-state index in [1.54, 1.807) is 0 Å². The fourth-order valence-corrected chi connectivity index (χ4v) is 4.12. The molecule has 0 spiro atoms. The minimum Gasteiger partial charge on any atom is -0.337 e. The van der Waals surface area contributed by atoms with Crippen molar-refractivity contribution in [1.29, 1.82) is 0 Å². The molecule has 0 bridgehead atoms. The summed E-state index contributed by atoms with van der Waals surface area (Å²) in [6.07, 6.45) is 7.85. The van der Waals surface area contributed by atoms with E-state index in [0.29, 0.717) is 12.0 Å². The average Bonchev–Trinajstić information content (AvgIpc) is 2.78. The van der Waals surface area contributed by atoms with E-state index in [1.165, 1.54) is 24.1 Å². The first kappa shape index (κ1) is 18.4. The summed E-state index contributed by atoms with van der Waals surface area (Å²) >= 11 is 0. The summed E-state index contributed by atoms with van der Waals surface area (Å²) in [7, 11) is 0. The molecule has 0 aromatic carbocycles. The van der Waals surface area contributed by atoms with Crippen LogP contribution in [-0.2, 0) is 19.4 Å². The highest BCUT2D eigenvalue weighted by Crippen LogP contribution is 2.26. The number of rotatable bonds is 5. The predicted molar refractivity (Wildman–Crippen MR) is 101 cm³/mol. The zero-order valence-electron chi connectivity index (χ0n) is 16.2. The molecule has 5 nitrogen and oxygen atoms in total. The number of aryl methyl sites for hydroxylation is 1. The number of nitrogens with one attached hydrogen (secondary N) is 1. The van der Waals surface area contributed by atoms with Crippen molar-refractivity contribution in [2.75, 3.05) is 19.6 Å². The summed E-state index contributed by atoms with van der Waals surface area (Å²) in [6, 6.07) is 0.472. The molecule has 1 aromatic rings. The lowest BCUT2D eigenvalue weighted by atomic mass is 9.90. The van der Waals surface area contributed by atoms with Gasteiger partial charge < -0.3 is 10.2 Å². The van der Waals surface area contributed by atoms with Gasteiger partial charge >= 0.3 is 0 Å². The van der Waals surface area contributed by atoms with Crippen molar-refractivity contribution >= 4 is 5.91 Å². The minimum absolute atomic E-state index is 0.162. The normalized spacial score (nSPS) is 21.3. The number of hydrogen-bond acceptors (Lipinski definition) is 3. The average molecular weight is 347 g/mol. The fraction of sp³-hybridized carbons (Fsp3) is 0.800. The fourth-order valence-electron chi connectivity index (χ4n) is 4.12. The molecule has 3 rings (SSSR count). The van der Waals surface area contributed by atoms with Crippen molar-refractivity contribution in [1.82, 2.24) is 20.0 Å². The Bertz CT molecular complexity index is 585. The second-order valence-electron chi connectivity index (χ2n) is 8.04. The number of nitrogens with zero attached hydrogens (tertiary/aromatic N) is 3. The number of fused-ring (bicyclic) bond motifs is 1. The molecule has 0 unspecified atom stereocenters. The van der Waals surface area contributed by atoms with Crippen LogP contribution >= 0.6 is 0 Å². The van der Waals surface area contributed by atoms with Crippen LogP contribution < -0.4 is 5.32 Å². The van der Waals surface area contributed by atoms with Gasteiger partial charge in [0.15, 0.2) is 5.69 Å². The molecule has 140 valence electrons. The van der Waals surface area contributed by atoms with Crippen molar-refractivity contribution in [2.45, 2.75) is 78.3 Å². The van der Waals surface area contributed by atoms with E-state index >= 15 is 0 Å². The summed E-state index contributed by atoms with van der Waals surface area (Å²) < 4.78 is 2.07. The molecule has 0 saturated carbocycles. The lowest BCUT2D eigenvalue weighted by Crippen LogP contribution is -2.38. The molecule has 1 aromatic heterocycles. The molecule has 0 radical (unpaired) electrons. The maximum Gasteiger partial charge on any atom is 0.274 e. The summed E-state index contributed by atoms with van der Waals surface area (Å²) in [5.41, 5.74) is 3.24. The minimum atomic E-state index is 0.162. The summed E-state index contributed by atoms with van der Waals surface area (Å²) in [4.78, 5) is 15.2. The van der Waals surface area contributed by atoms with Crippen molar-refractivity contribution in [3.63, 3.8) is 0 Å². The third kappa shape index (κ3) is 4.25. The van der Waals surface area contributed by atoms with Gasteiger partial charge in [-0.15, -0.1) is 0 Å². The van der Waals surface area contributed by atoms with E-state index in [2.05, 4.69) is 30.8 Å². The van der Waals surface area contributed by atoms with Crippen LogP contribution in [0.25, 0.3) is 0 Å². The largest absolute Gasteiger partial charge is 0.337 e. The second-order valence-corrected chi connectivity index (χ2v) is 8.04. The smallest absolute Gasteiger partial charge is 0.274 e. The highest BCUT2D eigenvalue weighted by molar-refractivity contribution is 5.94. The van der Waals surface area contributed by atoms with Crippen LogP contribution in [0.5, 0.6) is 0 Å². The van der Waals surface area contributed by atoms with Crippen molar-refractivity contribution < 1.29 is 4.79 Å². The predicted octanol–water partition coefficient (Wildman–Crippen LogP) is 3.02. The van der Waals surface area contributed by atoms with Gasteiger partial charge in [0, 0.05) is 36.9 Å². The van der Waals surface area contributed by atoms with Gasteiger partial charge in [0.2, 0.25) is 0 Å². The van der Waals surface area contributed by atoms with E-state index < -0.39 is 0 Å². The first-order valence-corrected chi connectivity index (χ1v) is 10.2. The number of aromatic nitrogens is 2. The number of carbonyl (C=O) groups excluding carboxylic acids is 1. The maximum absolute atomic E-state index is 13.2. The van der Waals surface area contributed by atoms with Crippen LogP contribution in [-0.4, -0.2) is 46.3 Å². The lowest BCUT2D eigenvalue weighted by molar-refractivity contribution is 0.0753. The Morgan fingerprint density at radius 3 is 2.60 bits per heavy atom. The monoisotopic (exact) mass is 346 g/mol. The van der Waals surface area contributed by atoms with E-state index in [9.17, 15) is 4.79 Å². The summed E-state index contributed by atoms with van der Waals surface area (Å²) in [5.74, 6) is 0.813. The van der Waals surface area contributed by atoms with Gasteiger partial charge in [0.05, 0.1) is 0 Å². The molecule has 1 aliphatic heterocycles. The van der Waals surface area contributed by atoms with Crippen molar-refractivity contribution in [2.24, 2.45) is 5.92 Å². The molecule has 1 N–H and O–H groups in total. The standard InChI is InChI=1S/C20H34N4O/c1-4-24-18-10-9-16(21-14-15(2)3)13-17(18)19(22-24)20(25)23-11-7-5-6-8-12-23/h15-16,21H,4-14H2,1-3H3/t16-/m1/s1. The first-order chi connectivity index (χ1) is 12.1. The zero-order valence-corrected chi connectivity index (χ0v) is 16.2. The number of likely N-dealkylation sites (tertiary alicyclic amines) is 1. The number of carbonyl (C=O) groups is 1. The third-order valence-electron chi connectivity index (χ3n) is 5.56. The Morgan fingerprint density at radius 2 is 1.96 bits per heavy atom. The van der Waals surface area contributed by atoms with E-state index in [4.69, 9.17) is 5.10 Å². The molecule has 1 fully saturated rings. The number of amides is 1. The Balaban J connectivity index is 1.80. The molecular formula is C20H34N4O. The Labute approximate surface area is 152 Å². The van der Waals surface area contributed by atoms with E-state index in [-0.39, 0.29) is 5.91 Å². The third-order valence-corrected chi connectivity index (χ3v) is 5.56. The van der Waals surface area contributed by atoms with Gasteiger partial charge in [0.1, 0.15) is 0 Å². The lowest BCUT2D eigenvalue weighted by Gasteiger charge is -2.26. The molecule has 2 heterocycles. The first-order valence-electron chi connectivity index (χ1n) is 10.2. The van der Waals surface area contributed by atoms with Gasteiger partial charge in [-0.25, -0.2) is 0 Å². The molecular weight excluding hydrogens is 312 g/mol. The van der Waals surface area contributed by atoms with Gasteiger partial charge in [0.25, 0.3) is 5.91 Å². The molecule has 1 amide bonds. The van der Waals surface area contributed by atoms with E-state index in [1.807, 2.05) is 4.90 Å². The Morgan fingerprint density at radius 1 is 1.24 bits per heavy atom. The second kappa shape index (κ2) is 8.35. The van der Waals surface area contributed by atoms with Crippen molar-refractivity contribution in [3.8, 4) is 0 Å². The van der Waals surface area contributed by atoms with Crippen LogP contribution in [0.2, 0.25) is 0 Å². The topological polar surface area (TPSA) is 50.2 Å². The van der Waals surface area contributed by atoms with Gasteiger partial charge in [-0.2, -0.15) is 5.10 Å². The van der Waals surface area contributed by atoms with Crippen LogP contribution in [0.15, 0.2) is 0 Å². The van der Waals surface area contributed by atoms with Crippen LogP contribution in [0.1, 0.15) is 74.6 Å². The Kier molecular flexibility index (Phi) is 6.15.